The number of nitrogens with zero attached hydrogens (tertiary/aromatic N) is 2. The molecule has 1 fully saturated rings. The molecule has 0 aliphatic carbocycles. The van der Waals surface area contributed by atoms with Gasteiger partial charge in [-0.05, 0) is 47.5 Å². The van der Waals surface area contributed by atoms with Crippen LogP contribution in [-0.4, -0.2) is 22.1 Å². The number of piperidine rings is 1. The second-order valence-electron chi connectivity index (χ2n) is 7.13. The van der Waals surface area contributed by atoms with Gasteiger partial charge in [0.2, 0.25) is 0 Å². The number of aromatic nitrogens is 1. The van der Waals surface area contributed by atoms with Crippen LogP contribution in [0.2, 0.25) is 0 Å². The molecule has 2 rings (SSSR count). The number of nitriles is 1. The van der Waals surface area contributed by atoms with Crippen molar-refractivity contribution in [2.45, 2.75) is 64.6 Å². The summed E-state index contributed by atoms with van der Waals surface area (Å²) in [4.78, 5) is 4.38. The predicted molar refractivity (Wildman–Crippen MR) is 87.9 cm³/mol. The first-order valence-corrected chi connectivity index (χ1v) is 8.17. The van der Waals surface area contributed by atoms with Gasteiger partial charge in [0.15, 0.2) is 0 Å². The molecule has 2 heterocycles. The van der Waals surface area contributed by atoms with Crippen LogP contribution in [0, 0.1) is 18.3 Å². The maximum absolute atomic E-state index is 9.32. The molecule has 1 aliphatic heterocycles. The van der Waals surface area contributed by atoms with Gasteiger partial charge in [0.05, 0.1) is 0 Å². The molecule has 1 aromatic heterocycles. The van der Waals surface area contributed by atoms with Crippen LogP contribution < -0.4 is 10.6 Å². The zero-order valence-electron chi connectivity index (χ0n) is 13.4. The average molecular weight is 304 g/mol. The van der Waals surface area contributed by atoms with Gasteiger partial charge >= 0.3 is 0 Å². The third kappa shape index (κ3) is 4.29. The summed E-state index contributed by atoms with van der Waals surface area (Å²) in [5, 5.41) is 19.2. The molecule has 0 aromatic carbocycles. The molecular formula is C16H24N4S. The third-order valence-corrected chi connectivity index (χ3v) is 4.62. The van der Waals surface area contributed by atoms with Crippen LogP contribution in [0.4, 0.5) is 0 Å². The lowest BCUT2D eigenvalue weighted by atomic mass is 9.80. The van der Waals surface area contributed by atoms with Gasteiger partial charge in [-0.1, -0.05) is 0 Å². The molecule has 114 valence electrons. The smallest absolute Gasteiger partial charge is 0.135 e. The highest BCUT2D eigenvalue weighted by Crippen LogP contribution is 2.28. The van der Waals surface area contributed by atoms with Crippen LogP contribution in [0.5, 0.6) is 0 Å². The van der Waals surface area contributed by atoms with Crippen molar-refractivity contribution in [1.29, 1.82) is 5.26 Å². The van der Waals surface area contributed by atoms with Gasteiger partial charge in [-0.3, -0.25) is 0 Å². The van der Waals surface area contributed by atoms with E-state index in [1.54, 1.807) is 0 Å². The maximum Gasteiger partial charge on any atom is 0.135 e. The number of allylic oxidation sites excluding steroid dienone is 1. The lowest BCUT2D eigenvalue weighted by Gasteiger charge is -2.46. The fraction of sp³-hybridized carbons (Fsp3) is 0.625. The lowest BCUT2D eigenvalue weighted by molar-refractivity contribution is 0.153. The van der Waals surface area contributed by atoms with Gasteiger partial charge in [-0.2, -0.15) is 5.26 Å². The van der Waals surface area contributed by atoms with E-state index in [9.17, 15) is 5.26 Å². The van der Waals surface area contributed by atoms with Crippen LogP contribution in [0.15, 0.2) is 11.6 Å². The van der Waals surface area contributed by atoms with E-state index in [2.05, 4.69) is 49.4 Å². The minimum Gasteiger partial charge on any atom is -0.387 e. The number of rotatable bonds is 3. The van der Waals surface area contributed by atoms with Crippen molar-refractivity contribution in [2.24, 2.45) is 0 Å². The Morgan fingerprint density at radius 2 is 2.05 bits per heavy atom. The van der Waals surface area contributed by atoms with Crippen molar-refractivity contribution in [3.05, 3.63) is 22.3 Å². The molecule has 0 atom stereocenters. The minimum absolute atomic E-state index is 0.0951. The number of aryl methyl sites for hydroxylation is 1. The Labute approximate surface area is 131 Å². The Bertz CT molecular complexity index is 561. The van der Waals surface area contributed by atoms with Crippen molar-refractivity contribution in [2.75, 3.05) is 0 Å². The molecule has 0 amide bonds. The summed E-state index contributed by atoms with van der Waals surface area (Å²) in [5.74, 6) is 0. The normalized spacial score (nSPS) is 21.8. The van der Waals surface area contributed by atoms with Crippen molar-refractivity contribution >= 4 is 16.9 Å². The molecule has 0 radical (unpaired) electrons. The van der Waals surface area contributed by atoms with E-state index >= 15 is 0 Å². The van der Waals surface area contributed by atoms with Gasteiger partial charge in [-0.25, -0.2) is 4.98 Å². The van der Waals surface area contributed by atoms with E-state index < -0.39 is 0 Å². The van der Waals surface area contributed by atoms with E-state index in [1.807, 2.05) is 18.5 Å². The SMILES string of the molecule is Cc1csc(/C(C#N)=C\NC2CC(C)(C)NC(C)(C)C2)n1. The van der Waals surface area contributed by atoms with Crippen LogP contribution in [0.3, 0.4) is 0 Å². The fourth-order valence-corrected chi connectivity index (χ4v) is 4.02. The predicted octanol–water partition coefficient (Wildman–Crippen LogP) is 3.21. The molecule has 0 spiro atoms. The first kappa shape index (κ1) is 16.0. The largest absolute Gasteiger partial charge is 0.387 e. The van der Waals surface area contributed by atoms with Gasteiger partial charge in [0.25, 0.3) is 0 Å². The first-order chi connectivity index (χ1) is 9.71. The fourth-order valence-electron chi connectivity index (χ4n) is 3.26. The second kappa shape index (κ2) is 5.78. The second-order valence-corrected chi connectivity index (χ2v) is 7.99. The van der Waals surface area contributed by atoms with Gasteiger partial charge in [0, 0.05) is 34.4 Å². The summed E-state index contributed by atoms with van der Waals surface area (Å²) in [5.41, 5.74) is 1.76. The number of hydrogen-bond donors (Lipinski definition) is 2. The molecule has 0 saturated carbocycles. The Morgan fingerprint density at radius 3 is 2.52 bits per heavy atom. The molecule has 4 nitrogen and oxygen atoms in total. The van der Waals surface area contributed by atoms with E-state index in [0.29, 0.717) is 11.6 Å². The summed E-state index contributed by atoms with van der Waals surface area (Å²) in [6, 6.07) is 2.61. The van der Waals surface area contributed by atoms with Gasteiger partial charge in [0.1, 0.15) is 16.6 Å². The topological polar surface area (TPSA) is 60.7 Å². The summed E-state index contributed by atoms with van der Waals surface area (Å²) in [6.07, 6.45) is 3.89. The van der Waals surface area contributed by atoms with Crippen LogP contribution in [-0.2, 0) is 0 Å². The van der Waals surface area contributed by atoms with E-state index in [1.165, 1.54) is 11.3 Å². The van der Waals surface area contributed by atoms with Crippen LogP contribution in [0.1, 0.15) is 51.2 Å². The lowest BCUT2D eigenvalue weighted by Crippen LogP contribution is -2.61. The molecular weight excluding hydrogens is 280 g/mol. The molecule has 21 heavy (non-hydrogen) atoms. The van der Waals surface area contributed by atoms with E-state index in [-0.39, 0.29) is 11.1 Å². The molecule has 0 bridgehead atoms. The highest BCUT2D eigenvalue weighted by atomic mass is 32.1. The molecule has 2 N–H and O–H groups in total. The third-order valence-electron chi connectivity index (χ3n) is 3.62. The minimum atomic E-state index is 0.0951. The van der Waals surface area contributed by atoms with Gasteiger partial charge < -0.3 is 10.6 Å². The zero-order valence-corrected chi connectivity index (χ0v) is 14.3. The monoisotopic (exact) mass is 304 g/mol. The Kier molecular flexibility index (Phi) is 4.40. The summed E-state index contributed by atoms with van der Waals surface area (Å²) in [7, 11) is 0. The highest BCUT2D eigenvalue weighted by Gasteiger charge is 2.37. The number of hydrogen-bond acceptors (Lipinski definition) is 5. The van der Waals surface area contributed by atoms with Crippen LogP contribution >= 0.6 is 11.3 Å². The van der Waals surface area contributed by atoms with Crippen molar-refractivity contribution < 1.29 is 0 Å². The van der Waals surface area contributed by atoms with Gasteiger partial charge in [-0.15, -0.1) is 11.3 Å². The first-order valence-electron chi connectivity index (χ1n) is 7.29. The molecule has 5 heteroatoms. The molecule has 1 saturated heterocycles. The average Bonchev–Trinajstić information content (AvgIpc) is 2.72. The van der Waals surface area contributed by atoms with E-state index in [0.717, 1.165) is 23.5 Å². The summed E-state index contributed by atoms with van der Waals surface area (Å²) >= 11 is 1.51. The number of thiazole rings is 1. The Morgan fingerprint density at radius 1 is 1.43 bits per heavy atom. The highest BCUT2D eigenvalue weighted by molar-refractivity contribution is 7.10. The maximum atomic E-state index is 9.32. The quantitative estimate of drug-likeness (QED) is 0.842. The molecule has 1 aliphatic rings. The summed E-state index contributed by atoms with van der Waals surface area (Å²) < 4.78 is 0. The number of nitrogens with one attached hydrogen (secondary N) is 2. The standard InChI is InChI=1S/C16H24N4S/c1-11-10-21-14(19-11)12(8-17)9-18-13-6-15(2,3)20-16(4,5)7-13/h9-10,13,18,20H,6-7H2,1-5H3/b12-9-. The Hall–Kier alpha value is -1.38. The van der Waals surface area contributed by atoms with Crippen molar-refractivity contribution in [3.8, 4) is 6.07 Å². The molecule has 1 aromatic rings. The zero-order chi connectivity index (χ0) is 15.7. The van der Waals surface area contributed by atoms with Crippen molar-refractivity contribution in [1.82, 2.24) is 15.6 Å². The summed E-state index contributed by atoms with van der Waals surface area (Å²) in [6.45, 7) is 10.8. The molecule has 0 unspecified atom stereocenters. The van der Waals surface area contributed by atoms with E-state index in [4.69, 9.17) is 0 Å². The van der Waals surface area contributed by atoms with Crippen LogP contribution in [0.25, 0.3) is 5.57 Å². The Balaban J connectivity index is 2.10. The van der Waals surface area contributed by atoms with Crippen molar-refractivity contribution in [3.63, 3.8) is 0 Å².